The lowest BCUT2D eigenvalue weighted by Gasteiger charge is -1.97. The molecule has 0 saturated carbocycles. The van der Waals surface area contributed by atoms with Gasteiger partial charge in [0.1, 0.15) is 0 Å². The van der Waals surface area contributed by atoms with Crippen molar-refractivity contribution in [3.8, 4) is 11.4 Å². The van der Waals surface area contributed by atoms with Crippen LogP contribution in [0.5, 0.6) is 0 Å². The summed E-state index contributed by atoms with van der Waals surface area (Å²) in [6.07, 6.45) is 4.54. The Morgan fingerprint density at radius 3 is 2.78 bits per heavy atom. The van der Waals surface area contributed by atoms with Gasteiger partial charge in [-0.15, -0.1) is 11.3 Å². The van der Waals surface area contributed by atoms with Crippen LogP contribution in [0, 0.1) is 0 Å². The summed E-state index contributed by atoms with van der Waals surface area (Å²) in [6, 6.07) is 10.4. The van der Waals surface area contributed by atoms with E-state index in [2.05, 4.69) is 39.6 Å². The molecular formula is C14H13N3S. The van der Waals surface area contributed by atoms with Crippen molar-refractivity contribution < 1.29 is 0 Å². The van der Waals surface area contributed by atoms with Gasteiger partial charge in [0.2, 0.25) is 0 Å². The Labute approximate surface area is 110 Å². The molecular weight excluding hydrogens is 242 g/mol. The Morgan fingerprint density at radius 2 is 2.06 bits per heavy atom. The Balaban J connectivity index is 1.84. The Kier molecular flexibility index (Phi) is 2.94. The average molecular weight is 255 g/mol. The molecule has 1 aromatic carbocycles. The van der Waals surface area contributed by atoms with Gasteiger partial charge in [0.05, 0.1) is 28.9 Å². The van der Waals surface area contributed by atoms with E-state index in [1.54, 1.807) is 17.7 Å². The molecule has 0 aliphatic carbocycles. The van der Waals surface area contributed by atoms with E-state index in [-0.39, 0.29) is 0 Å². The SMILES string of the molecule is Cn1cncc1-c1csc(Cc2ccccc2)n1. The van der Waals surface area contributed by atoms with Gasteiger partial charge in [-0.2, -0.15) is 0 Å². The molecule has 0 bridgehead atoms. The minimum absolute atomic E-state index is 0.892. The summed E-state index contributed by atoms with van der Waals surface area (Å²) in [5.41, 5.74) is 3.36. The summed E-state index contributed by atoms with van der Waals surface area (Å²) in [5.74, 6) is 0. The summed E-state index contributed by atoms with van der Waals surface area (Å²) in [4.78, 5) is 8.79. The lowest BCUT2D eigenvalue weighted by atomic mass is 10.2. The zero-order valence-corrected chi connectivity index (χ0v) is 10.9. The van der Waals surface area contributed by atoms with E-state index in [0.29, 0.717) is 0 Å². The van der Waals surface area contributed by atoms with Crippen molar-refractivity contribution in [3.05, 3.63) is 58.8 Å². The van der Waals surface area contributed by atoms with Crippen molar-refractivity contribution in [2.75, 3.05) is 0 Å². The molecule has 2 aromatic heterocycles. The molecule has 2 heterocycles. The molecule has 0 saturated heterocycles. The first-order valence-electron chi connectivity index (χ1n) is 5.78. The molecule has 3 aromatic rings. The van der Waals surface area contributed by atoms with Crippen molar-refractivity contribution in [2.45, 2.75) is 6.42 Å². The third-order valence-corrected chi connectivity index (χ3v) is 3.68. The molecule has 0 fully saturated rings. The van der Waals surface area contributed by atoms with Crippen LogP contribution in [0.3, 0.4) is 0 Å². The molecule has 0 N–H and O–H groups in total. The molecule has 90 valence electrons. The first-order chi connectivity index (χ1) is 8.83. The Hall–Kier alpha value is -1.94. The lowest BCUT2D eigenvalue weighted by molar-refractivity contribution is 0.916. The molecule has 0 aliphatic rings. The Bertz CT molecular complexity index is 640. The third kappa shape index (κ3) is 2.19. The highest BCUT2D eigenvalue weighted by molar-refractivity contribution is 7.10. The van der Waals surface area contributed by atoms with Gasteiger partial charge in [0.15, 0.2) is 0 Å². The number of thiazole rings is 1. The predicted octanol–water partition coefficient (Wildman–Crippen LogP) is 3.13. The largest absolute Gasteiger partial charge is 0.332 e. The summed E-state index contributed by atoms with van der Waals surface area (Å²) >= 11 is 1.70. The minimum Gasteiger partial charge on any atom is -0.332 e. The van der Waals surface area contributed by atoms with Gasteiger partial charge >= 0.3 is 0 Å². The highest BCUT2D eigenvalue weighted by Gasteiger charge is 2.08. The maximum Gasteiger partial charge on any atom is 0.0995 e. The van der Waals surface area contributed by atoms with E-state index in [9.17, 15) is 0 Å². The predicted molar refractivity (Wildman–Crippen MR) is 73.6 cm³/mol. The number of benzene rings is 1. The van der Waals surface area contributed by atoms with E-state index in [1.807, 2.05) is 23.9 Å². The summed E-state index contributed by atoms with van der Waals surface area (Å²) < 4.78 is 1.99. The number of aromatic nitrogens is 3. The van der Waals surface area contributed by atoms with E-state index in [1.165, 1.54) is 5.56 Å². The maximum absolute atomic E-state index is 4.67. The van der Waals surface area contributed by atoms with Crippen molar-refractivity contribution in [3.63, 3.8) is 0 Å². The number of aryl methyl sites for hydroxylation is 1. The van der Waals surface area contributed by atoms with Gasteiger partial charge in [0, 0.05) is 18.8 Å². The number of nitrogens with zero attached hydrogens (tertiary/aromatic N) is 3. The highest BCUT2D eigenvalue weighted by atomic mass is 32.1. The van der Waals surface area contributed by atoms with Crippen molar-refractivity contribution in [1.29, 1.82) is 0 Å². The summed E-state index contributed by atoms with van der Waals surface area (Å²) in [7, 11) is 1.98. The highest BCUT2D eigenvalue weighted by Crippen LogP contribution is 2.22. The average Bonchev–Trinajstić information content (AvgIpc) is 2.99. The second-order valence-corrected chi connectivity index (χ2v) is 5.12. The van der Waals surface area contributed by atoms with Crippen LogP contribution in [-0.2, 0) is 13.5 Å². The lowest BCUT2D eigenvalue weighted by Crippen LogP contribution is -1.91. The molecule has 3 nitrogen and oxygen atoms in total. The van der Waals surface area contributed by atoms with Gasteiger partial charge in [-0.05, 0) is 5.56 Å². The number of imidazole rings is 1. The number of hydrogen-bond acceptors (Lipinski definition) is 3. The second kappa shape index (κ2) is 4.74. The van der Waals surface area contributed by atoms with Crippen LogP contribution in [0.15, 0.2) is 48.2 Å². The van der Waals surface area contributed by atoms with E-state index >= 15 is 0 Å². The van der Waals surface area contributed by atoms with Crippen molar-refractivity contribution in [2.24, 2.45) is 7.05 Å². The Morgan fingerprint density at radius 1 is 1.22 bits per heavy atom. The van der Waals surface area contributed by atoms with Crippen molar-refractivity contribution in [1.82, 2.24) is 14.5 Å². The first kappa shape index (κ1) is 11.2. The molecule has 0 amide bonds. The van der Waals surface area contributed by atoms with Crippen LogP contribution in [0.1, 0.15) is 10.6 Å². The zero-order chi connectivity index (χ0) is 12.4. The molecule has 18 heavy (non-hydrogen) atoms. The van der Waals surface area contributed by atoms with Crippen LogP contribution in [0.2, 0.25) is 0 Å². The summed E-state index contributed by atoms with van der Waals surface area (Å²) in [5, 5.41) is 3.23. The normalized spacial score (nSPS) is 10.7. The molecule has 0 spiro atoms. The standard InChI is InChI=1S/C14H13N3S/c1-17-10-15-8-13(17)12-9-18-14(16-12)7-11-5-3-2-4-6-11/h2-6,8-10H,7H2,1H3. The van der Waals surface area contributed by atoms with Crippen molar-refractivity contribution >= 4 is 11.3 Å². The van der Waals surface area contributed by atoms with Crippen LogP contribution in [-0.4, -0.2) is 14.5 Å². The van der Waals surface area contributed by atoms with Gasteiger partial charge in [0.25, 0.3) is 0 Å². The summed E-state index contributed by atoms with van der Waals surface area (Å²) in [6.45, 7) is 0. The monoisotopic (exact) mass is 255 g/mol. The second-order valence-electron chi connectivity index (χ2n) is 4.18. The van der Waals surface area contributed by atoms with Gasteiger partial charge in [-0.25, -0.2) is 9.97 Å². The van der Waals surface area contributed by atoms with E-state index in [0.717, 1.165) is 22.8 Å². The smallest absolute Gasteiger partial charge is 0.0995 e. The third-order valence-electron chi connectivity index (χ3n) is 2.83. The van der Waals surface area contributed by atoms with Crippen LogP contribution in [0.4, 0.5) is 0 Å². The zero-order valence-electron chi connectivity index (χ0n) is 10.1. The van der Waals surface area contributed by atoms with Crippen LogP contribution in [0.25, 0.3) is 11.4 Å². The molecule has 0 atom stereocenters. The van der Waals surface area contributed by atoms with Gasteiger partial charge in [-0.3, -0.25) is 0 Å². The molecule has 0 aliphatic heterocycles. The van der Waals surface area contributed by atoms with Crippen LogP contribution < -0.4 is 0 Å². The van der Waals surface area contributed by atoms with E-state index in [4.69, 9.17) is 0 Å². The number of rotatable bonds is 3. The number of hydrogen-bond donors (Lipinski definition) is 0. The fourth-order valence-corrected chi connectivity index (χ4v) is 2.71. The quantitative estimate of drug-likeness (QED) is 0.720. The minimum atomic E-state index is 0.892. The van der Waals surface area contributed by atoms with Gasteiger partial charge in [-0.1, -0.05) is 30.3 Å². The molecule has 3 rings (SSSR count). The van der Waals surface area contributed by atoms with Gasteiger partial charge < -0.3 is 4.57 Å². The maximum atomic E-state index is 4.67. The first-order valence-corrected chi connectivity index (χ1v) is 6.66. The fourth-order valence-electron chi connectivity index (χ4n) is 1.88. The topological polar surface area (TPSA) is 30.7 Å². The molecule has 4 heteroatoms. The fraction of sp³-hybridized carbons (Fsp3) is 0.143. The van der Waals surface area contributed by atoms with E-state index < -0.39 is 0 Å². The molecule has 0 radical (unpaired) electrons. The van der Waals surface area contributed by atoms with Crippen LogP contribution >= 0.6 is 11.3 Å². The molecule has 0 unspecified atom stereocenters.